The molecule has 0 bridgehead atoms. The molecule has 2 unspecified atom stereocenters. The Morgan fingerprint density at radius 2 is 1.25 bits per heavy atom. The van der Waals surface area contributed by atoms with Crippen molar-refractivity contribution in [2.24, 2.45) is 35.5 Å². The fourth-order valence-electron chi connectivity index (χ4n) is 4.20. The molecule has 0 aromatic carbocycles. The van der Waals surface area contributed by atoms with Gasteiger partial charge >= 0.3 is 0 Å². The Hall–Kier alpha value is -1.62. The first-order valence-electron chi connectivity index (χ1n) is 8.98. The number of nitrogens with zero attached hydrogens (tertiary/aromatic N) is 2. The van der Waals surface area contributed by atoms with Crippen LogP contribution in [0, 0.1) is 58.2 Å². The third-order valence-electron chi connectivity index (χ3n) is 5.80. The summed E-state index contributed by atoms with van der Waals surface area (Å²) in [6.07, 6.45) is 9.35. The maximum Gasteiger partial charge on any atom is 0.0665 e. The molecule has 8 atom stereocenters. The predicted molar refractivity (Wildman–Crippen MR) is 92.3 cm³/mol. The molecule has 0 saturated carbocycles. The van der Waals surface area contributed by atoms with Crippen LogP contribution in [-0.4, -0.2) is 22.4 Å². The van der Waals surface area contributed by atoms with Crippen LogP contribution in [0.3, 0.4) is 0 Å². The molecule has 0 aromatic rings. The van der Waals surface area contributed by atoms with E-state index < -0.39 is 12.2 Å². The molecule has 0 radical (unpaired) electrons. The Bertz CT molecular complexity index is 507. The summed E-state index contributed by atoms with van der Waals surface area (Å²) >= 11 is 0. The lowest BCUT2D eigenvalue weighted by molar-refractivity contribution is 0.0252. The van der Waals surface area contributed by atoms with Gasteiger partial charge in [0, 0.05) is 11.8 Å². The summed E-state index contributed by atoms with van der Waals surface area (Å²) in [5, 5.41) is 39.8. The molecule has 0 heterocycles. The number of aliphatic hydroxyl groups is 2. The lowest BCUT2D eigenvalue weighted by Gasteiger charge is -2.34. The quantitative estimate of drug-likeness (QED) is 0.759. The number of aliphatic hydroxyl groups excluding tert-OH is 2. The molecule has 0 aromatic heterocycles. The molecule has 0 spiro atoms. The molecule has 2 N–H and O–H groups in total. The van der Waals surface area contributed by atoms with Crippen LogP contribution in [0.2, 0.25) is 0 Å². The summed E-state index contributed by atoms with van der Waals surface area (Å²) < 4.78 is 0. The fourth-order valence-corrected chi connectivity index (χ4v) is 4.20. The third kappa shape index (κ3) is 4.07. The Labute approximate surface area is 145 Å². The highest BCUT2D eigenvalue weighted by Gasteiger charge is 2.36. The molecule has 2 aliphatic carbocycles. The van der Waals surface area contributed by atoms with Gasteiger partial charge in [0.1, 0.15) is 0 Å². The SMILES string of the molecule is C[C@@H]1C=CC[C@H](C(O)CCC(O)[C@H]2CC=C[C@@H](C)[C@H]2C#N)[C@@H]1C#N. The van der Waals surface area contributed by atoms with Gasteiger partial charge in [-0.25, -0.2) is 0 Å². The van der Waals surface area contributed by atoms with E-state index >= 15 is 0 Å². The van der Waals surface area contributed by atoms with Crippen LogP contribution in [0.25, 0.3) is 0 Å². The Morgan fingerprint density at radius 3 is 1.58 bits per heavy atom. The summed E-state index contributed by atoms with van der Waals surface area (Å²) in [6, 6.07) is 4.66. The van der Waals surface area contributed by atoms with Crippen LogP contribution in [0.5, 0.6) is 0 Å². The van der Waals surface area contributed by atoms with Crippen molar-refractivity contribution in [2.75, 3.05) is 0 Å². The Balaban J connectivity index is 1.93. The molecule has 0 amide bonds. The minimum atomic E-state index is -0.589. The van der Waals surface area contributed by atoms with Crippen LogP contribution in [0.4, 0.5) is 0 Å². The van der Waals surface area contributed by atoms with Gasteiger partial charge < -0.3 is 10.2 Å². The second-order valence-corrected chi connectivity index (χ2v) is 7.40. The average molecular weight is 328 g/mol. The maximum atomic E-state index is 10.5. The summed E-state index contributed by atoms with van der Waals surface area (Å²) in [6.45, 7) is 4.01. The van der Waals surface area contributed by atoms with Crippen molar-refractivity contribution in [1.29, 1.82) is 10.5 Å². The van der Waals surface area contributed by atoms with Gasteiger partial charge in [0.05, 0.1) is 36.2 Å². The van der Waals surface area contributed by atoms with Gasteiger partial charge in [-0.2, -0.15) is 10.5 Å². The molecule has 0 aliphatic heterocycles. The summed E-state index contributed by atoms with van der Waals surface area (Å²) in [4.78, 5) is 0. The van der Waals surface area contributed by atoms with E-state index in [1.54, 1.807) is 0 Å². The molecule has 2 rings (SSSR count). The Morgan fingerprint density at radius 1 is 0.875 bits per heavy atom. The second kappa shape index (κ2) is 8.47. The van der Waals surface area contributed by atoms with Gasteiger partial charge in [0.2, 0.25) is 0 Å². The van der Waals surface area contributed by atoms with Crippen LogP contribution >= 0.6 is 0 Å². The van der Waals surface area contributed by atoms with E-state index in [1.807, 2.05) is 38.2 Å². The van der Waals surface area contributed by atoms with Crippen molar-refractivity contribution in [3.63, 3.8) is 0 Å². The topological polar surface area (TPSA) is 88.0 Å². The third-order valence-corrected chi connectivity index (χ3v) is 5.80. The maximum absolute atomic E-state index is 10.5. The highest BCUT2D eigenvalue weighted by atomic mass is 16.3. The number of hydrogen-bond donors (Lipinski definition) is 2. The first kappa shape index (κ1) is 18.7. The smallest absolute Gasteiger partial charge is 0.0665 e. The monoisotopic (exact) mass is 328 g/mol. The van der Waals surface area contributed by atoms with E-state index in [0.717, 1.165) is 0 Å². The van der Waals surface area contributed by atoms with Crippen LogP contribution < -0.4 is 0 Å². The number of hydrogen-bond acceptors (Lipinski definition) is 4. The summed E-state index contributed by atoms with van der Waals surface area (Å²) in [5.41, 5.74) is 0. The average Bonchev–Trinajstić information content (AvgIpc) is 2.58. The Kier molecular flexibility index (Phi) is 6.60. The van der Waals surface area contributed by atoms with Gasteiger partial charge in [-0.15, -0.1) is 0 Å². The van der Waals surface area contributed by atoms with Crippen molar-refractivity contribution in [1.82, 2.24) is 0 Å². The lowest BCUT2D eigenvalue weighted by atomic mass is 9.72. The van der Waals surface area contributed by atoms with Crippen molar-refractivity contribution >= 4 is 0 Å². The van der Waals surface area contributed by atoms with Gasteiger partial charge in [-0.1, -0.05) is 38.2 Å². The van der Waals surface area contributed by atoms with E-state index in [2.05, 4.69) is 12.1 Å². The minimum Gasteiger partial charge on any atom is -0.393 e. The highest BCUT2D eigenvalue weighted by molar-refractivity contribution is 5.09. The second-order valence-electron chi connectivity index (χ2n) is 7.40. The van der Waals surface area contributed by atoms with E-state index in [4.69, 9.17) is 0 Å². The van der Waals surface area contributed by atoms with Crippen molar-refractivity contribution in [2.45, 2.75) is 51.7 Å². The molecular formula is C20H28N2O2. The number of allylic oxidation sites excluding steroid dienone is 4. The highest BCUT2D eigenvalue weighted by Crippen LogP contribution is 2.36. The van der Waals surface area contributed by atoms with Gasteiger partial charge in [-0.3, -0.25) is 0 Å². The predicted octanol–water partition coefficient (Wildman–Crippen LogP) is 3.19. The minimum absolute atomic E-state index is 0.0702. The zero-order valence-electron chi connectivity index (χ0n) is 14.5. The fraction of sp³-hybridized carbons (Fsp3) is 0.700. The van der Waals surface area contributed by atoms with E-state index in [1.165, 1.54) is 0 Å². The molecule has 4 heteroatoms. The lowest BCUT2D eigenvalue weighted by Crippen LogP contribution is -2.35. The molecule has 4 nitrogen and oxygen atoms in total. The summed E-state index contributed by atoms with van der Waals surface area (Å²) in [7, 11) is 0. The summed E-state index contributed by atoms with van der Waals surface area (Å²) in [5.74, 6) is -0.183. The van der Waals surface area contributed by atoms with Crippen molar-refractivity contribution in [3.05, 3.63) is 24.3 Å². The largest absolute Gasteiger partial charge is 0.393 e. The molecule has 130 valence electrons. The van der Waals surface area contributed by atoms with Crippen LogP contribution in [-0.2, 0) is 0 Å². The molecule has 24 heavy (non-hydrogen) atoms. The van der Waals surface area contributed by atoms with Gasteiger partial charge in [-0.05, 0) is 37.5 Å². The molecule has 0 fully saturated rings. The van der Waals surface area contributed by atoms with Crippen LogP contribution in [0.1, 0.15) is 39.5 Å². The van der Waals surface area contributed by atoms with Crippen molar-refractivity contribution in [3.8, 4) is 12.1 Å². The van der Waals surface area contributed by atoms with E-state index in [0.29, 0.717) is 25.7 Å². The number of rotatable bonds is 5. The van der Waals surface area contributed by atoms with Gasteiger partial charge in [0.25, 0.3) is 0 Å². The molecular weight excluding hydrogens is 300 g/mol. The van der Waals surface area contributed by atoms with Crippen molar-refractivity contribution < 1.29 is 10.2 Å². The zero-order valence-corrected chi connectivity index (χ0v) is 14.5. The van der Waals surface area contributed by atoms with E-state index in [9.17, 15) is 20.7 Å². The van der Waals surface area contributed by atoms with E-state index in [-0.39, 0.29) is 35.5 Å². The standard InChI is InChI=1S/C20H28N2O2/c1-13-5-3-7-15(17(13)11-21)19(23)9-10-20(24)16-8-4-6-14(2)18(16)12-22/h3-6,13-20,23-24H,7-10H2,1-2H3/t13-,14-,15+,16+,17-,18-,19?,20?/m1/s1. The number of nitriles is 2. The first-order chi connectivity index (χ1) is 11.5. The zero-order chi connectivity index (χ0) is 17.7. The normalized spacial score (nSPS) is 38.1. The molecule has 2 aliphatic rings. The van der Waals surface area contributed by atoms with Crippen LogP contribution in [0.15, 0.2) is 24.3 Å². The first-order valence-corrected chi connectivity index (χ1v) is 8.98. The van der Waals surface area contributed by atoms with Gasteiger partial charge in [0.15, 0.2) is 0 Å². The molecule has 0 saturated heterocycles.